The third kappa shape index (κ3) is 3.07. The van der Waals surface area contributed by atoms with E-state index in [2.05, 4.69) is 0 Å². The van der Waals surface area contributed by atoms with E-state index in [9.17, 15) is 14.7 Å². The predicted molar refractivity (Wildman–Crippen MR) is 57.6 cm³/mol. The molecule has 0 aromatic heterocycles. The molecule has 15 heavy (non-hydrogen) atoms. The van der Waals surface area contributed by atoms with E-state index in [1.807, 2.05) is 0 Å². The second kappa shape index (κ2) is 5.32. The average molecular weight is 249 g/mol. The Kier molecular flexibility index (Phi) is 4.34. The lowest BCUT2D eigenvalue weighted by atomic mass is 10.2. The largest absolute Gasteiger partial charge is 0.606 e. The summed E-state index contributed by atoms with van der Waals surface area (Å²) >= 11 is 4.13. The van der Waals surface area contributed by atoms with Crippen LogP contribution >= 0.6 is 11.6 Å². The minimum Gasteiger partial charge on any atom is -0.606 e. The second-order valence-corrected chi connectivity index (χ2v) is 4.52. The lowest BCUT2D eigenvalue weighted by Crippen LogP contribution is -2.17. The summed E-state index contributed by atoms with van der Waals surface area (Å²) < 4.78 is 11.5. The third-order valence-electron chi connectivity index (χ3n) is 1.75. The Bertz CT molecular complexity index is 375. The fourth-order valence-corrected chi connectivity index (χ4v) is 2.45. The number of hydrogen-bond acceptors (Lipinski definition) is 4. The summed E-state index contributed by atoms with van der Waals surface area (Å²) in [6.45, 7) is 0.110. The molecule has 1 unspecified atom stereocenters. The van der Waals surface area contributed by atoms with Gasteiger partial charge in [0.1, 0.15) is 0 Å². The summed E-state index contributed by atoms with van der Waals surface area (Å²) in [6, 6.07) is 4.74. The van der Waals surface area contributed by atoms with Gasteiger partial charge in [0.15, 0.2) is 4.90 Å². The molecule has 0 aliphatic rings. The fraction of sp³-hybridized carbons (Fsp3) is 0.250. The number of nitro groups is 1. The highest BCUT2D eigenvalue weighted by atomic mass is 35.5. The highest BCUT2D eigenvalue weighted by molar-refractivity contribution is 7.91. The lowest BCUT2D eigenvalue weighted by molar-refractivity contribution is -0.458. The number of hydrogen-bond donors (Lipinski definition) is 1. The van der Waals surface area contributed by atoms with Crippen LogP contribution in [0.15, 0.2) is 23.1 Å². The molecular weight excluding hydrogens is 240 g/mol. The van der Waals surface area contributed by atoms with Crippen molar-refractivity contribution < 1.29 is 9.48 Å². The molecule has 5 nitrogen and oxygen atoms in total. The minimum absolute atomic E-state index is 0.110. The number of nitrogens with zero attached hydrogens (tertiary/aromatic N) is 1. The van der Waals surface area contributed by atoms with Crippen molar-refractivity contribution in [3.05, 3.63) is 38.9 Å². The molecule has 0 saturated heterocycles. The summed E-state index contributed by atoms with van der Waals surface area (Å²) in [4.78, 5) is 9.92. The van der Waals surface area contributed by atoms with Crippen LogP contribution in [0.5, 0.6) is 0 Å². The molecule has 7 heteroatoms. The molecule has 0 saturated carbocycles. The third-order valence-corrected chi connectivity index (χ3v) is 3.42. The van der Waals surface area contributed by atoms with Crippen LogP contribution in [-0.2, 0) is 17.7 Å². The van der Waals surface area contributed by atoms with Gasteiger partial charge in [-0.3, -0.25) is 10.1 Å². The Morgan fingerprint density at radius 2 is 2.20 bits per heavy atom. The van der Waals surface area contributed by atoms with Crippen molar-refractivity contribution in [3.8, 4) is 0 Å². The van der Waals surface area contributed by atoms with E-state index in [1.165, 1.54) is 6.07 Å². The zero-order chi connectivity index (χ0) is 11.4. The molecule has 1 aromatic carbocycles. The van der Waals surface area contributed by atoms with E-state index in [1.54, 1.807) is 12.1 Å². The van der Waals surface area contributed by atoms with Gasteiger partial charge in [-0.1, -0.05) is 17.7 Å². The van der Waals surface area contributed by atoms with Crippen molar-refractivity contribution in [3.63, 3.8) is 0 Å². The van der Waals surface area contributed by atoms with E-state index in [0.29, 0.717) is 15.5 Å². The van der Waals surface area contributed by atoms with Gasteiger partial charge in [-0.2, -0.15) is 0 Å². The molecule has 0 radical (unpaired) electrons. The van der Waals surface area contributed by atoms with E-state index in [0.717, 1.165) is 0 Å². The van der Waals surface area contributed by atoms with Crippen molar-refractivity contribution in [1.82, 2.24) is 0 Å². The second-order valence-electron chi connectivity index (χ2n) is 2.73. The monoisotopic (exact) mass is 248 g/mol. The summed E-state index contributed by atoms with van der Waals surface area (Å²) in [5, 5.41) is 10.6. The molecule has 1 atom stereocenters. The summed E-state index contributed by atoms with van der Waals surface area (Å²) in [6.07, 6.45) is 0. The first-order chi connectivity index (χ1) is 7.06. The normalized spacial score (nSPS) is 12.5. The summed E-state index contributed by atoms with van der Waals surface area (Å²) in [5.74, 6) is -0.632. The maximum atomic E-state index is 11.5. The van der Waals surface area contributed by atoms with Crippen molar-refractivity contribution in [2.75, 3.05) is 5.88 Å². The van der Waals surface area contributed by atoms with Crippen molar-refractivity contribution in [2.24, 2.45) is 5.73 Å². The van der Waals surface area contributed by atoms with Gasteiger partial charge >= 0.3 is 5.88 Å². The highest BCUT2D eigenvalue weighted by Crippen LogP contribution is 2.24. The smallest absolute Gasteiger partial charge is 0.353 e. The molecule has 0 aliphatic carbocycles. The fourth-order valence-electron chi connectivity index (χ4n) is 1.12. The Morgan fingerprint density at radius 3 is 2.73 bits per heavy atom. The quantitative estimate of drug-likeness (QED) is 0.491. The molecule has 1 aromatic rings. The molecular formula is C8H9ClN2O3S. The van der Waals surface area contributed by atoms with Gasteiger partial charge in [-0.25, -0.2) is 0 Å². The highest BCUT2D eigenvalue weighted by Gasteiger charge is 2.21. The topological polar surface area (TPSA) is 92.2 Å². The molecule has 0 bridgehead atoms. The number of benzene rings is 1. The van der Waals surface area contributed by atoms with Crippen LogP contribution in [0.25, 0.3) is 0 Å². The molecule has 0 amide bonds. The molecule has 0 heterocycles. The summed E-state index contributed by atoms with van der Waals surface area (Å²) in [7, 11) is 0. The van der Waals surface area contributed by atoms with E-state index < -0.39 is 22.0 Å². The van der Waals surface area contributed by atoms with Gasteiger partial charge in [-0.15, -0.1) is 0 Å². The molecule has 0 spiro atoms. The van der Waals surface area contributed by atoms with Crippen LogP contribution in [0, 0.1) is 10.1 Å². The minimum atomic E-state index is -1.70. The van der Waals surface area contributed by atoms with Crippen LogP contribution in [0.2, 0.25) is 5.02 Å². The van der Waals surface area contributed by atoms with Gasteiger partial charge < -0.3 is 10.3 Å². The number of rotatable bonds is 4. The lowest BCUT2D eigenvalue weighted by Gasteiger charge is -2.10. The van der Waals surface area contributed by atoms with Crippen LogP contribution in [-0.4, -0.2) is 15.4 Å². The first-order valence-corrected chi connectivity index (χ1v) is 5.73. The van der Waals surface area contributed by atoms with Crippen LogP contribution in [0.1, 0.15) is 5.56 Å². The van der Waals surface area contributed by atoms with Crippen molar-refractivity contribution >= 4 is 22.8 Å². The summed E-state index contributed by atoms with van der Waals surface area (Å²) in [5.41, 5.74) is 5.93. The zero-order valence-electron chi connectivity index (χ0n) is 7.68. The SMILES string of the molecule is NCc1c(Cl)cccc1[S+]([O-])C[N+](=O)[O-]. The van der Waals surface area contributed by atoms with Gasteiger partial charge in [0.25, 0.3) is 0 Å². The zero-order valence-corrected chi connectivity index (χ0v) is 9.25. The standard InChI is InChI=1S/C8H9ClN2O3S/c9-7-2-1-3-8(6(7)4-10)15(14)5-11(12)13/h1-3H,4-5,10H2. The van der Waals surface area contributed by atoms with Crippen LogP contribution < -0.4 is 5.73 Å². The number of halogens is 1. The van der Waals surface area contributed by atoms with Crippen LogP contribution in [0.3, 0.4) is 0 Å². The first-order valence-electron chi connectivity index (χ1n) is 4.04. The maximum absolute atomic E-state index is 11.5. The predicted octanol–water partition coefficient (Wildman–Crippen LogP) is 1.14. The molecule has 1 rings (SSSR count). The van der Waals surface area contributed by atoms with Gasteiger partial charge in [0.05, 0.1) is 21.1 Å². The average Bonchev–Trinajstić information content (AvgIpc) is 2.16. The Hall–Kier alpha value is -0.820. The Morgan fingerprint density at radius 1 is 1.53 bits per heavy atom. The van der Waals surface area contributed by atoms with Crippen LogP contribution in [0.4, 0.5) is 0 Å². The first kappa shape index (κ1) is 12.3. The van der Waals surface area contributed by atoms with Gasteiger partial charge in [-0.05, 0) is 12.1 Å². The Balaban J connectivity index is 3.02. The molecule has 0 aliphatic heterocycles. The maximum Gasteiger partial charge on any atom is 0.353 e. The van der Waals surface area contributed by atoms with Crippen molar-refractivity contribution in [1.29, 1.82) is 0 Å². The van der Waals surface area contributed by atoms with E-state index in [-0.39, 0.29) is 6.54 Å². The van der Waals surface area contributed by atoms with Gasteiger partial charge in [0, 0.05) is 12.1 Å². The molecule has 82 valence electrons. The van der Waals surface area contributed by atoms with Gasteiger partial charge in [0.2, 0.25) is 0 Å². The van der Waals surface area contributed by atoms with E-state index >= 15 is 0 Å². The Labute approximate surface area is 94.6 Å². The van der Waals surface area contributed by atoms with Crippen molar-refractivity contribution in [2.45, 2.75) is 11.4 Å². The number of nitrogens with two attached hydrogens (primary N) is 1. The molecule has 2 N–H and O–H groups in total. The molecule has 0 fully saturated rings. The van der Waals surface area contributed by atoms with E-state index in [4.69, 9.17) is 17.3 Å².